The molecule has 2 aliphatic rings. The molecule has 2 aliphatic heterocycles. The summed E-state index contributed by atoms with van der Waals surface area (Å²) in [6, 6.07) is 4.90. The maximum absolute atomic E-state index is 13.2. The summed E-state index contributed by atoms with van der Waals surface area (Å²) in [4.78, 5) is 13.6. The van der Waals surface area contributed by atoms with Crippen LogP contribution in [0.5, 0.6) is 0 Å². The lowest BCUT2D eigenvalue weighted by Gasteiger charge is -2.40. The van der Waals surface area contributed by atoms with Crippen LogP contribution in [0.3, 0.4) is 0 Å². The van der Waals surface area contributed by atoms with Gasteiger partial charge in [-0.15, -0.1) is 0 Å². The van der Waals surface area contributed by atoms with Gasteiger partial charge in [-0.1, -0.05) is 6.07 Å². The third-order valence-electron chi connectivity index (χ3n) is 3.40. The molecule has 16 heavy (non-hydrogen) atoms. The number of piperazine rings is 1. The van der Waals surface area contributed by atoms with Gasteiger partial charge in [-0.25, -0.2) is 4.39 Å². The number of rotatable bonds is 0. The molecule has 1 atom stereocenters. The van der Waals surface area contributed by atoms with Crippen molar-refractivity contribution >= 4 is 5.91 Å². The van der Waals surface area contributed by atoms with Crippen molar-refractivity contribution in [1.82, 2.24) is 10.2 Å². The number of fused-ring (bicyclic) bond motifs is 3. The van der Waals surface area contributed by atoms with Crippen molar-refractivity contribution in [2.45, 2.75) is 12.5 Å². The lowest BCUT2D eigenvalue weighted by molar-refractivity contribution is -0.135. The first-order valence-electron chi connectivity index (χ1n) is 5.54. The summed E-state index contributed by atoms with van der Waals surface area (Å²) in [5.41, 5.74) is 2.13. The number of nitrogens with one attached hydrogen (secondary N) is 1. The Morgan fingerprint density at radius 1 is 1.44 bits per heavy atom. The Morgan fingerprint density at radius 2 is 2.31 bits per heavy atom. The first kappa shape index (κ1) is 9.78. The smallest absolute Gasteiger partial charge is 0.237 e. The highest BCUT2D eigenvalue weighted by Gasteiger charge is 2.33. The molecule has 0 aromatic heterocycles. The number of benzene rings is 1. The van der Waals surface area contributed by atoms with Crippen LogP contribution in [0.1, 0.15) is 17.2 Å². The molecule has 1 amide bonds. The summed E-state index contributed by atoms with van der Waals surface area (Å²) in [5.74, 6) is -0.107. The first-order valence-corrected chi connectivity index (χ1v) is 5.54. The minimum absolute atomic E-state index is 0.0145. The molecule has 84 valence electrons. The molecule has 0 saturated carbocycles. The highest BCUT2D eigenvalue weighted by Crippen LogP contribution is 2.31. The van der Waals surface area contributed by atoms with Crippen LogP contribution in [-0.4, -0.2) is 30.4 Å². The van der Waals surface area contributed by atoms with Gasteiger partial charge in [-0.05, 0) is 29.7 Å². The maximum Gasteiger partial charge on any atom is 0.237 e. The minimum atomic E-state index is -0.223. The van der Waals surface area contributed by atoms with Crippen LogP contribution < -0.4 is 5.32 Å². The summed E-state index contributed by atoms with van der Waals surface area (Å²) in [6.45, 7) is 1.88. The number of amides is 1. The third-order valence-corrected chi connectivity index (χ3v) is 3.40. The quantitative estimate of drug-likeness (QED) is 0.703. The summed E-state index contributed by atoms with van der Waals surface area (Å²) >= 11 is 0. The van der Waals surface area contributed by atoms with Crippen molar-refractivity contribution in [3.63, 3.8) is 0 Å². The molecule has 0 radical (unpaired) electrons. The van der Waals surface area contributed by atoms with Gasteiger partial charge in [0.25, 0.3) is 0 Å². The zero-order valence-electron chi connectivity index (χ0n) is 8.87. The van der Waals surface area contributed by atoms with Gasteiger partial charge in [-0.3, -0.25) is 4.79 Å². The molecule has 1 N–H and O–H groups in total. The monoisotopic (exact) mass is 220 g/mol. The van der Waals surface area contributed by atoms with E-state index in [1.165, 1.54) is 11.6 Å². The molecule has 2 heterocycles. The lowest BCUT2D eigenvalue weighted by atomic mass is 9.91. The van der Waals surface area contributed by atoms with Crippen molar-refractivity contribution in [3.8, 4) is 0 Å². The zero-order chi connectivity index (χ0) is 11.1. The fourth-order valence-corrected chi connectivity index (χ4v) is 2.60. The molecular formula is C12H13FN2O. The van der Waals surface area contributed by atoms with Gasteiger partial charge in [-0.2, -0.15) is 0 Å². The van der Waals surface area contributed by atoms with Gasteiger partial charge < -0.3 is 10.2 Å². The summed E-state index contributed by atoms with van der Waals surface area (Å²) < 4.78 is 13.2. The van der Waals surface area contributed by atoms with Crippen LogP contribution in [0, 0.1) is 5.82 Å². The fraction of sp³-hybridized carbons (Fsp3) is 0.417. The number of halogens is 1. The SMILES string of the molecule is O=C1CNCC2c3cc(F)ccc3CCN12. The Balaban J connectivity index is 2.04. The molecule has 1 saturated heterocycles. The van der Waals surface area contributed by atoms with Gasteiger partial charge in [0.1, 0.15) is 5.82 Å². The number of nitrogens with zero attached hydrogens (tertiary/aromatic N) is 1. The van der Waals surface area contributed by atoms with E-state index in [0.29, 0.717) is 6.54 Å². The van der Waals surface area contributed by atoms with Crippen LogP contribution >= 0.6 is 0 Å². The van der Waals surface area contributed by atoms with Gasteiger partial charge in [0.2, 0.25) is 5.91 Å². The number of carbonyl (C=O) groups is 1. The number of hydrogen-bond acceptors (Lipinski definition) is 2. The van der Waals surface area contributed by atoms with E-state index in [1.807, 2.05) is 11.0 Å². The van der Waals surface area contributed by atoms with Crippen LogP contribution in [0.15, 0.2) is 18.2 Å². The highest BCUT2D eigenvalue weighted by molar-refractivity contribution is 5.80. The first-order chi connectivity index (χ1) is 7.75. The molecule has 0 bridgehead atoms. The van der Waals surface area contributed by atoms with Crippen LogP contribution in [-0.2, 0) is 11.2 Å². The zero-order valence-corrected chi connectivity index (χ0v) is 8.87. The van der Waals surface area contributed by atoms with E-state index in [4.69, 9.17) is 0 Å². The topological polar surface area (TPSA) is 32.3 Å². The highest BCUT2D eigenvalue weighted by atomic mass is 19.1. The van der Waals surface area contributed by atoms with Gasteiger partial charge in [0.05, 0.1) is 12.6 Å². The minimum Gasteiger partial charge on any atom is -0.333 e. The van der Waals surface area contributed by atoms with E-state index in [2.05, 4.69) is 5.32 Å². The predicted molar refractivity (Wildman–Crippen MR) is 57.4 cm³/mol. The molecule has 4 heteroatoms. The summed E-state index contributed by atoms with van der Waals surface area (Å²) in [5, 5.41) is 3.08. The van der Waals surface area contributed by atoms with E-state index in [1.54, 1.807) is 6.07 Å². The standard InChI is InChI=1S/C12H13FN2O/c13-9-2-1-8-3-4-15-11(10(8)5-9)6-14-7-12(15)16/h1-2,5,11,14H,3-4,6-7H2. The van der Waals surface area contributed by atoms with Crippen molar-refractivity contribution in [2.24, 2.45) is 0 Å². The van der Waals surface area contributed by atoms with Gasteiger partial charge in [0, 0.05) is 13.1 Å². The molecule has 3 rings (SSSR count). The normalized spacial score (nSPS) is 23.9. The Bertz CT molecular complexity index is 447. The van der Waals surface area contributed by atoms with E-state index >= 15 is 0 Å². The van der Waals surface area contributed by atoms with Crippen molar-refractivity contribution in [3.05, 3.63) is 35.1 Å². The Hall–Kier alpha value is -1.42. The molecule has 1 unspecified atom stereocenters. The molecule has 1 aromatic rings. The molecule has 3 nitrogen and oxygen atoms in total. The van der Waals surface area contributed by atoms with Gasteiger partial charge >= 0.3 is 0 Å². The molecule has 1 aromatic carbocycles. The second-order valence-corrected chi connectivity index (χ2v) is 4.33. The van der Waals surface area contributed by atoms with E-state index in [0.717, 1.165) is 25.1 Å². The second-order valence-electron chi connectivity index (χ2n) is 4.33. The summed E-state index contributed by atoms with van der Waals surface area (Å²) in [7, 11) is 0. The lowest BCUT2D eigenvalue weighted by Crippen LogP contribution is -2.52. The molecule has 0 spiro atoms. The number of carbonyl (C=O) groups excluding carboxylic acids is 1. The van der Waals surface area contributed by atoms with E-state index < -0.39 is 0 Å². The Morgan fingerprint density at radius 3 is 3.19 bits per heavy atom. The fourth-order valence-electron chi connectivity index (χ4n) is 2.60. The third kappa shape index (κ3) is 1.41. The van der Waals surface area contributed by atoms with Crippen LogP contribution in [0.25, 0.3) is 0 Å². The Labute approximate surface area is 93.2 Å². The molecule has 1 fully saturated rings. The maximum atomic E-state index is 13.2. The summed E-state index contributed by atoms with van der Waals surface area (Å²) in [6.07, 6.45) is 0.831. The van der Waals surface area contributed by atoms with Crippen molar-refractivity contribution in [1.29, 1.82) is 0 Å². The molecular weight excluding hydrogens is 207 g/mol. The van der Waals surface area contributed by atoms with Crippen molar-refractivity contribution in [2.75, 3.05) is 19.6 Å². The number of hydrogen-bond donors (Lipinski definition) is 1. The second kappa shape index (κ2) is 3.56. The molecule has 0 aliphatic carbocycles. The van der Waals surface area contributed by atoms with E-state index in [-0.39, 0.29) is 17.8 Å². The van der Waals surface area contributed by atoms with E-state index in [9.17, 15) is 9.18 Å². The predicted octanol–water partition coefficient (Wildman–Crippen LogP) is 0.855. The van der Waals surface area contributed by atoms with Crippen molar-refractivity contribution < 1.29 is 9.18 Å². The van der Waals surface area contributed by atoms with Crippen LogP contribution in [0.2, 0.25) is 0 Å². The average molecular weight is 220 g/mol. The average Bonchev–Trinajstić information content (AvgIpc) is 2.29. The van der Waals surface area contributed by atoms with Crippen LogP contribution in [0.4, 0.5) is 4.39 Å². The van der Waals surface area contributed by atoms with Gasteiger partial charge in [0.15, 0.2) is 0 Å². The Kier molecular flexibility index (Phi) is 2.17. The largest absolute Gasteiger partial charge is 0.333 e.